The third-order valence-electron chi connectivity index (χ3n) is 5.67. The van der Waals surface area contributed by atoms with Gasteiger partial charge in [-0.15, -0.1) is 0 Å². The normalized spacial score (nSPS) is 22.5. The van der Waals surface area contributed by atoms with Crippen molar-refractivity contribution in [2.24, 2.45) is 0 Å². The molecule has 164 valence electrons. The van der Waals surface area contributed by atoms with Crippen LogP contribution in [-0.2, 0) is 10.3 Å². The fourth-order valence-electron chi connectivity index (χ4n) is 4.15. The Morgan fingerprint density at radius 3 is 2.52 bits per heavy atom. The Morgan fingerprint density at radius 1 is 1.16 bits per heavy atom. The lowest BCUT2D eigenvalue weighted by molar-refractivity contribution is -0.133. The Labute approximate surface area is 191 Å². The van der Waals surface area contributed by atoms with Crippen LogP contribution < -0.4 is 20.1 Å². The van der Waals surface area contributed by atoms with Crippen molar-refractivity contribution in [2.45, 2.75) is 24.9 Å². The fourth-order valence-corrected chi connectivity index (χ4v) is 4.85. The third-order valence-corrected chi connectivity index (χ3v) is 6.23. The van der Waals surface area contributed by atoms with Crippen molar-refractivity contribution in [2.75, 3.05) is 26.3 Å². The van der Waals surface area contributed by atoms with E-state index in [0.29, 0.717) is 47.5 Å². The predicted molar refractivity (Wildman–Crippen MR) is 120 cm³/mol. The van der Waals surface area contributed by atoms with E-state index in [9.17, 15) is 9.90 Å². The molecule has 2 aliphatic rings. The number of carboxylic acid groups (broad SMARTS) is 1. The molecule has 2 atom stereocenters. The highest BCUT2D eigenvalue weighted by Crippen LogP contribution is 2.35. The highest BCUT2D eigenvalue weighted by atomic mass is 35.5. The highest BCUT2D eigenvalue weighted by molar-refractivity contribution is 6.37. The number of fused-ring (bicyclic) bond motifs is 2. The number of ether oxygens (including phenoxy) is 2. The molecule has 2 aromatic rings. The van der Waals surface area contributed by atoms with Crippen LogP contribution in [0.3, 0.4) is 0 Å². The van der Waals surface area contributed by atoms with Gasteiger partial charge in [0, 0.05) is 13.1 Å². The molecule has 0 spiro atoms. The summed E-state index contributed by atoms with van der Waals surface area (Å²) in [4.78, 5) is 11.4. The summed E-state index contributed by atoms with van der Waals surface area (Å²) in [5.74, 6) is 0.320. The number of aryl methyl sites for hydroxylation is 1. The minimum atomic E-state index is -0.867. The van der Waals surface area contributed by atoms with Gasteiger partial charge in [0.2, 0.25) is 0 Å². The van der Waals surface area contributed by atoms with Gasteiger partial charge in [-0.1, -0.05) is 41.4 Å². The lowest BCUT2D eigenvalue weighted by atomic mass is 9.79. The summed E-state index contributed by atoms with van der Waals surface area (Å²) in [6, 6.07) is 11.3. The molecule has 8 heteroatoms. The van der Waals surface area contributed by atoms with Crippen molar-refractivity contribution in [3.05, 3.63) is 69.2 Å². The minimum absolute atomic E-state index is 0.200. The van der Waals surface area contributed by atoms with Crippen LogP contribution in [0.15, 0.2) is 48.0 Å². The molecule has 0 amide bonds. The number of halogens is 2. The standard InChI is InChI=1S/C23H24Cl2N2O4/c1-14-10-18(24)21(19(25)11-14)31-9-8-30-16-4-2-15(3-5-16)23-7-6-17(22(28)29)20(27-23)12-26-13-23/h2-6,10-11,20,26-27H,7-9,12-13H2,1H3,(H,28,29). The van der Waals surface area contributed by atoms with E-state index in [4.69, 9.17) is 32.7 Å². The number of benzene rings is 2. The van der Waals surface area contributed by atoms with Gasteiger partial charge < -0.3 is 19.9 Å². The van der Waals surface area contributed by atoms with E-state index in [1.807, 2.05) is 37.3 Å². The molecule has 0 saturated carbocycles. The van der Waals surface area contributed by atoms with Crippen LogP contribution in [0.2, 0.25) is 10.0 Å². The summed E-state index contributed by atoms with van der Waals surface area (Å²) >= 11 is 12.4. The molecule has 1 fully saturated rings. The van der Waals surface area contributed by atoms with Gasteiger partial charge in [0.1, 0.15) is 19.0 Å². The molecule has 0 radical (unpaired) electrons. The molecule has 4 rings (SSSR count). The molecule has 3 N–H and O–H groups in total. The maximum atomic E-state index is 11.4. The van der Waals surface area contributed by atoms with Crippen molar-refractivity contribution in [1.82, 2.24) is 10.6 Å². The van der Waals surface area contributed by atoms with Crippen molar-refractivity contribution in [3.8, 4) is 11.5 Å². The lowest BCUT2D eigenvalue weighted by Gasteiger charge is -2.46. The quantitative estimate of drug-likeness (QED) is 0.540. The highest BCUT2D eigenvalue weighted by Gasteiger charge is 2.42. The SMILES string of the molecule is Cc1cc(Cl)c(OCCOc2ccc(C34CC=C(C(=O)O)C(CNC3)N4)cc2)c(Cl)c1. The number of nitrogens with one attached hydrogen (secondary N) is 2. The van der Waals surface area contributed by atoms with Gasteiger partial charge >= 0.3 is 5.97 Å². The molecule has 2 aliphatic heterocycles. The smallest absolute Gasteiger partial charge is 0.332 e. The summed E-state index contributed by atoms with van der Waals surface area (Å²) < 4.78 is 11.5. The van der Waals surface area contributed by atoms with E-state index in [2.05, 4.69) is 10.6 Å². The monoisotopic (exact) mass is 462 g/mol. The summed E-state index contributed by atoms with van der Waals surface area (Å²) in [5.41, 5.74) is 2.17. The number of rotatable bonds is 7. The van der Waals surface area contributed by atoms with E-state index in [-0.39, 0.29) is 11.6 Å². The van der Waals surface area contributed by atoms with Gasteiger partial charge in [-0.2, -0.15) is 0 Å². The van der Waals surface area contributed by atoms with Crippen LogP contribution in [0.4, 0.5) is 0 Å². The van der Waals surface area contributed by atoms with Crippen molar-refractivity contribution >= 4 is 29.2 Å². The number of carbonyl (C=O) groups is 1. The van der Waals surface area contributed by atoms with E-state index in [0.717, 1.165) is 23.4 Å². The van der Waals surface area contributed by atoms with Gasteiger partial charge in [-0.3, -0.25) is 5.32 Å². The van der Waals surface area contributed by atoms with Crippen LogP contribution in [0.5, 0.6) is 11.5 Å². The van der Waals surface area contributed by atoms with Crippen molar-refractivity contribution in [3.63, 3.8) is 0 Å². The summed E-state index contributed by atoms with van der Waals surface area (Å²) in [6.07, 6.45) is 2.46. The van der Waals surface area contributed by atoms with E-state index < -0.39 is 5.97 Å². The van der Waals surface area contributed by atoms with Gasteiger partial charge in [0.15, 0.2) is 5.75 Å². The molecular weight excluding hydrogens is 439 g/mol. The Balaban J connectivity index is 1.35. The van der Waals surface area contributed by atoms with Crippen LogP contribution in [0.1, 0.15) is 17.5 Å². The molecule has 2 bridgehead atoms. The van der Waals surface area contributed by atoms with Crippen LogP contribution >= 0.6 is 23.2 Å². The maximum absolute atomic E-state index is 11.4. The number of hydrogen-bond acceptors (Lipinski definition) is 5. The maximum Gasteiger partial charge on any atom is 0.332 e. The zero-order chi connectivity index (χ0) is 22.0. The first-order valence-electron chi connectivity index (χ1n) is 10.1. The first-order chi connectivity index (χ1) is 14.9. The van der Waals surface area contributed by atoms with Gasteiger partial charge in [0.05, 0.1) is 27.2 Å². The second-order valence-corrected chi connectivity index (χ2v) is 8.67. The van der Waals surface area contributed by atoms with Crippen LogP contribution in [0.25, 0.3) is 0 Å². The molecule has 1 saturated heterocycles. The summed E-state index contributed by atoms with van der Waals surface area (Å²) in [7, 11) is 0. The van der Waals surface area contributed by atoms with Gasteiger partial charge in [-0.25, -0.2) is 4.79 Å². The Kier molecular flexibility index (Phi) is 6.44. The van der Waals surface area contributed by atoms with Gasteiger partial charge in [-0.05, 0) is 48.7 Å². The molecule has 2 heterocycles. The number of piperazine rings is 1. The van der Waals surface area contributed by atoms with Crippen LogP contribution in [0, 0.1) is 6.92 Å². The molecule has 2 unspecified atom stereocenters. The van der Waals surface area contributed by atoms with E-state index >= 15 is 0 Å². The van der Waals surface area contributed by atoms with E-state index in [1.54, 1.807) is 12.1 Å². The molecule has 0 aliphatic carbocycles. The fraction of sp³-hybridized carbons (Fsp3) is 0.348. The third kappa shape index (κ3) is 4.67. The average molecular weight is 463 g/mol. The minimum Gasteiger partial charge on any atom is -0.490 e. The van der Waals surface area contributed by atoms with Gasteiger partial charge in [0.25, 0.3) is 0 Å². The Morgan fingerprint density at radius 2 is 1.84 bits per heavy atom. The molecule has 6 nitrogen and oxygen atoms in total. The zero-order valence-corrected chi connectivity index (χ0v) is 18.6. The Hall–Kier alpha value is -2.25. The number of aliphatic carboxylic acids is 1. The predicted octanol–water partition coefficient (Wildman–Crippen LogP) is 3.93. The second kappa shape index (κ2) is 9.09. The second-order valence-electron chi connectivity index (χ2n) is 7.86. The first-order valence-corrected chi connectivity index (χ1v) is 10.9. The summed E-state index contributed by atoms with van der Waals surface area (Å²) in [5, 5.41) is 17.2. The largest absolute Gasteiger partial charge is 0.490 e. The molecule has 31 heavy (non-hydrogen) atoms. The Bertz CT molecular complexity index is 986. The zero-order valence-electron chi connectivity index (χ0n) is 17.1. The van der Waals surface area contributed by atoms with Crippen molar-refractivity contribution in [1.29, 1.82) is 0 Å². The molecule has 0 aromatic heterocycles. The van der Waals surface area contributed by atoms with E-state index in [1.165, 1.54) is 0 Å². The van der Waals surface area contributed by atoms with Crippen LogP contribution in [-0.4, -0.2) is 43.4 Å². The lowest BCUT2D eigenvalue weighted by Crippen LogP contribution is -2.64. The molecular formula is C23H24Cl2N2O4. The molecule has 2 aromatic carbocycles. The topological polar surface area (TPSA) is 79.8 Å². The number of hydrogen-bond donors (Lipinski definition) is 3. The summed E-state index contributed by atoms with van der Waals surface area (Å²) in [6.45, 7) is 3.92. The average Bonchev–Trinajstić information content (AvgIpc) is 2.73. The number of carboxylic acids is 1. The first kappa shape index (κ1) is 22.0. The van der Waals surface area contributed by atoms with Crippen molar-refractivity contribution < 1.29 is 19.4 Å².